The molecular weight excluding hydrogens is 216 g/mol. The highest BCUT2D eigenvalue weighted by atomic mass is 35.5. The number of aromatic nitrogens is 1. The summed E-state index contributed by atoms with van der Waals surface area (Å²) in [6, 6.07) is 0. The minimum absolute atomic E-state index is 0.273. The fraction of sp³-hybridized carbons (Fsp3) is 0.600. The Labute approximate surface area is 92.9 Å². The van der Waals surface area contributed by atoms with E-state index in [1.165, 1.54) is 6.42 Å². The Balaban J connectivity index is 2.34. The summed E-state index contributed by atoms with van der Waals surface area (Å²) in [6.45, 7) is 3.35. The van der Waals surface area contributed by atoms with Crippen LogP contribution in [0.5, 0.6) is 0 Å². The predicted molar refractivity (Wildman–Crippen MR) is 58.6 cm³/mol. The van der Waals surface area contributed by atoms with Gasteiger partial charge >= 0.3 is 5.63 Å². The lowest BCUT2D eigenvalue weighted by Gasteiger charge is -2.26. The third kappa shape index (κ3) is 2.15. The molecule has 5 heteroatoms. The lowest BCUT2D eigenvalue weighted by molar-refractivity contribution is 0.464. The van der Waals surface area contributed by atoms with Crippen LogP contribution in [-0.2, 0) is 0 Å². The summed E-state index contributed by atoms with van der Waals surface area (Å²) in [5, 5.41) is 0.273. The number of hydrogen-bond donors (Lipinski definition) is 0. The fourth-order valence-corrected chi connectivity index (χ4v) is 1.87. The zero-order chi connectivity index (χ0) is 10.8. The van der Waals surface area contributed by atoms with Gasteiger partial charge in [0.2, 0.25) is 5.82 Å². The lowest BCUT2D eigenvalue weighted by atomic mass is 10.1. The van der Waals surface area contributed by atoms with Crippen LogP contribution in [0.15, 0.2) is 9.21 Å². The molecular formula is C10H13ClN2O2. The van der Waals surface area contributed by atoms with Crippen LogP contribution >= 0.6 is 11.6 Å². The van der Waals surface area contributed by atoms with E-state index in [-0.39, 0.29) is 10.8 Å². The van der Waals surface area contributed by atoms with Crippen molar-refractivity contribution >= 4 is 17.4 Å². The van der Waals surface area contributed by atoms with Crippen LogP contribution in [0.25, 0.3) is 0 Å². The fourth-order valence-electron chi connectivity index (χ4n) is 1.75. The highest BCUT2D eigenvalue weighted by molar-refractivity contribution is 6.29. The van der Waals surface area contributed by atoms with Crippen LogP contribution in [0.2, 0.25) is 5.15 Å². The van der Waals surface area contributed by atoms with Gasteiger partial charge < -0.3 is 9.32 Å². The van der Waals surface area contributed by atoms with Gasteiger partial charge in [-0.05, 0) is 26.2 Å². The van der Waals surface area contributed by atoms with Crippen molar-refractivity contribution in [3.63, 3.8) is 0 Å². The van der Waals surface area contributed by atoms with E-state index in [0.29, 0.717) is 11.6 Å². The molecule has 1 aliphatic heterocycles. The Bertz CT molecular complexity index is 410. The monoisotopic (exact) mass is 228 g/mol. The molecule has 1 fully saturated rings. The molecule has 0 atom stereocenters. The van der Waals surface area contributed by atoms with E-state index in [4.69, 9.17) is 16.0 Å². The summed E-state index contributed by atoms with van der Waals surface area (Å²) in [4.78, 5) is 17.6. The molecule has 0 aliphatic carbocycles. The summed E-state index contributed by atoms with van der Waals surface area (Å²) in [7, 11) is 0. The van der Waals surface area contributed by atoms with Crippen LogP contribution < -0.4 is 10.5 Å². The first kappa shape index (κ1) is 10.5. The minimum atomic E-state index is -0.390. The van der Waals surface area contributed by atoms with Crippen molar-refractivity contribution in [1.29, 1.82) is 0 Å². The Morgan fingerprint density at radius 1 is 1.33 bits per heavy atom. The second kappa shape index (κ2) is 4.23. The third-order valence-electron chi connectivity index (χ3n) is 2.58. The molecule has 4 nitrogen and oxygen atoms in total. The van der Waals surface area contributed by atoms with E-state index in [1.807, 2.05) is 4.90 Å². The maximum atomic E-state index is 11.6. The van der Waals surface area contributed by atoms with Gasteiger partial charge in [-0.15, -0.1) is 0 Å². The molecule has 82 valence electrons. The Kier molecular flexibility index (Phi) is 2.95. The van der Waals surface area contributed by atoms with Crippen LogP contribution in [-0.4, -0.2) is 18.1 Å². The quantitative estimate of drug-likeness (QED) is 0.738. The van der Waals surface area contributed by atoms with Crippen molar-refractivity contribution in [3.8, 4) is 0 Å². The molecule has 0 N–H and O–H groups in total. The van der Waals surface area contributed by atoms with Crippen molar-refractivity contribution in [2.24, 2.45) is 0 Å². The maximum absolute atomic E-state index is 11.6. The molecule has 1 saturated heterocycles. The minimum Gasteiger partial charge on any atom is -0.422 e. The average molecular weight is 229 g/mol. The molecule has 2 rings (SSSR count). The topological polar surface area (TPSA) is 46.3 Å². The van der Waals surface area contributed by atoms with Crippen LogP contribution in [0, 0.1) is 6.92 Å². The van der Waals surface area contributed by atoms with Gasteiger partial charge in [-0.1, -0.05) is 11.6 Å². The number of nitrogens with zero attached hydrogens (tertiary/aromatic N) is 2. The first-order chi connectivity index (χ1) is 7.18. The Morgan fingerprint density at radius 3 is 2.67 bits per heavy atom. The predicted octanol–water partition coefficient (Wildman–Crippen LogP) is 1.99. The van der Waals surface area contributed by atoms with E-state index in [1.54, 1.807) is 6.92 Å². The summed E-state index contributed by atoms with van der Waals surface area (Å²) in [5.74, 6) is 0.729. The van der Waals surface area contributed by atoms with Crippen LogP contribution in [0.3, 0.4) is 0 Å². The number of aryl methyl sites for hydroxylation is 1. The molecule has 0 spiro atoms. The summed E-state index contributed by atoms with van der Waals surface area (Å²) in [6.07, 6.45) is 3.39. The number of rotatable bonds is 1. The SMILES string of the molecule is Cc1oc(=O)c(N2CCCCC2)nc1Cl. The second-order valence-electron chi connectivity index (χ2n) is 3.72. The van der Waals surface area contributed by atoms with Crippen LogP contribution in [0.1, 0.15) is 25.0 Å². The summed E-state index contributed by atoms with van der Waals surface area (Å²) < 4.78 is 5.00. The molecule has 0 unspecified atom stereocenters. The van der Waals surface area contributed by atoms with E-state index in [9.17, 15) is 4.79 Å². The van der Waals surface area contributed by atoms with E-state index >= 15 is 0 Å². The van der Waals surface area contributed by atoms with Crippen molar-refractivity contribution in [3.05, 3.63) is 21.3 Å². The van der Waals surface area contributed by atoms with Crippen molar-refractivity contribution in [1.82, 2.24) is 4.98 Å². The zero-order valence-corrected chi connectivity index (χ0v) is 9.38. The molecule has 0 radical (unpaired) electrons. The average Bonchev–Trinajstić information content (AvgIpc) is 2.25. The highest BCUT2D eigenvalue weighted by Crippen LogP contribution is 2.17. The summed E-state index contributed by atoms with van der Waals surface area (Å²) >= 11 is 5.83. The molecule has 15 heavy (non-hydrogen) atoms. The van der Waals surface area contributed by atoms with Gasteiger partial charge in [0.05, 0.1) is 0 Å². The normalized spacial score (nSPS) is 16.8. The zero-order valence-electron chi connectivity index (χ0n) is 8.62. The van der Waals surface area contributed by atoms with Gasteiger partial charge in [0.15, 0.2) is 5.15 Å². The Hall–Kier alpha value is -1.03. The third-order valence-corrected chi connectivity index (χ3v) is 2.93. The van der Waals surface area contributed by atoms with Gasteiger partial charge in [-0.3, -0.25) is 0 Å². The van der Waals surface area contributed by atoms with Gasteiger partial charge in [0.25, 0.3) is 0 Å². The maximum Gasteiger partial charge on any atom is 0.379 e. The van der Waals surface area contributed by atoms with Gasteiger partial charge in [0, 0.05) is 13.1 Å². The van der Waals surface area contributed by atoms with Crippen molar-refractivity contribution in [2.45, 2.75) is 26.2 Å². The number of anilines is 1. The summed E-state index contributed by atoms with van der Waals surface area (Å²) in [5.41, 5.74) is -0.390. The smallest absolute Gasteiger partial charge is 0.379 e. The molecule has 2 heterocycles. The largest absolute Gasteiger partial charge is 0.422 e. The molecule has 0 amide bonds. The number of halogens is 1. The van der Waals surface area contributed by atoms with Crippen LogP contribution in [0.4, 0.5) is 5.82 Å². The Morgan fingerprint density at radius 2 is 2.00 bits per heavy atom. The van der Waals surface area contributed by atoms with E-state index in [0.717, 1.165) is 25.9 Å². The van der Waals surface area contributed by atoms with Crippen molar-refractivity contribution in [2.75, 3.05) is 18.0 Å². The first-order valence-corrected chi connectivity index (χ1v) is 5.48. The molecule has 1 aromatic heterocycles. The first-order valence-electron chi connectivity index (χ1n) is 5.10. The molecule has 1 aromatic rings. The van der Waals surface area contributed by atoms with E-state index in [2.05, 4.69) is 4.98 Å². The lowest BCUT2D eigenvalue weighted by Crippen LogP contribution is -2.34. The highest BCUT2D eigenvalue weighted by Gasteiger charge is 2.17. The molecule has 0 saturated carbocycles. The van der Waals surface area contributed by atoms with Crippen molar-refractivity contribution < 1.29 is 4.42 Å². The molecule has 0 bridgehead atoms. The standard InChI is InChI=1S/C10H13ClN2O2/c1-7-8(11)12-9(10(14)15-7)13-5-3-2-4-6-13/h2-6H2,1H3. The number of piperidine rings is 1. The molecule has 0 aromatic carbocycles. The van der Waals surface area contributed by atoms with Gasteiger partial charge in [-0.25, -0.2) is 9.78 Å². The van der Waals surface area contributed by atoms with E-state index < -0.39 is 0 Å². The number of hydrogen-bond acceptors (Lipinski definition) is 4. The van der Waals surface area contributed by atoms with Gasteiger partial charge in [-0.2, -0.15) is 0 Å². The second-order valence-corrected chi connectivity index (χ2v) is 4.08. The van der Waals surface area contributed by atoms with Gasteiger partial charge in [0.1, 0.15) is 5.76 Å². The molecule has 1 aliphatic rings.